The van der Waals surface area contributed by atoms with Crippen molar-refractivity contribution in [3.8, 4) is 0 Å². The van der Waals surface area contributed by atoms with Gasteiger partial charge in [0.15, 0.2) is 0 Å². The average molecular weight is 263 g/mol. The Morgan fingerprint density at radius 2 is 2.05 bits per heavy atom. The van der Waals surface area contributed by atoms with Gasteiger partial charge in [-0.05, 0) is 31.0 Å². The van der Waals surface area contributed by atoms with Crippen molar-refractivity contribution >= 4 is 17.3 Å². The quantitative estimate of drug-likeness (QED) is 0.694. The molecule has 1 amide bonds. The predicted molar refractivity (Wildman–Crippen MR) is 76.1 cm³/mol. The van der Waals surface area contributed by atoms with E-state index < -0.39 is 5.91 Å². The van der Waals surface area contributed by atoms with Crippen molar-refractivity contribution in [1.29, 1.82) is 0 Å². The van der Waals surface area contributed by atoms with Gasteiger partial charge in [-0.3, -0.25) is 4.79 Å². The number of carbonyl (C=O) groups is 1. The number of benzene rings is 1. The fourth-order valence-corrected chi connectivity index (χ4v) is 2.79. The molecule has 0 atom stereocenters. The van der Waals surface area contributed by atoms with E-state index in [2.05, 4.69) is 4.90 Å². The van der Waals surface area contributed by atoms with Crippen LogP contribution in [0.4, 0.5) is 11.4 Å². The smallest absolute Gasteiger partial charge is 0.248 e. The van der Waals surface area contributed by atoms with Gasteiger partial charge in [-0.15, -0.1) is 0 Å². The molecule has 0 aliphatic heterocycles. The van der Waals surface area contributed by atoms with E-state index in [4.69, 9.17) is 11.5 Å². The summed E-state index contributed by atoms with van der Waals surface area (Å²) in [6.07, 6.45) is 4.67. The summed E-state index contributed by atoms with van der Waals surface area (Å²) in [5, 5.41) is 9.24. The molecule has 5 N–H and O–H groups in total. The Balaban J connectivity index is 2.28. The molecule has 1 aliphatic carbocycles. The average Bonchev–Trinajstić information content (AvgIpc) is 2.90. The lowest BCUT2D eigenvalue weighted by Gasteiger charge is -2.31. The van der Waals surface area contributed by atoms with E-state index in [9.17, 15) is 9.90 Å². The van der Waals surface area contributed by atoms with Crippen LogP contribution in [0.15, 0.2) is 18.2 Å². The van der Waals surface area contributed by atoms with E-state index in [-0.39, 0.29) is 6.61 Å². The molecule has 1 fully saturated rings. The van der Waals surface area contributed by atoms with Crippen molar-refractivity contribution in [2.24, 2.45) is 5.73 Å². The summed E-state index contributed by atoms with van der Waals surface area (Å²) in [7, 11) is 0. The molecule has 2 rings (SSSR count). The highest BCUT2D eigenvalue weighted by Gasteiger charge is 2.24. The Hall–Kier alpha value is -1.75. The van der Waals surface area contributed by atoms with Crippen LogP contribution in [-0.2, 0) is 0 Å². The monoisotopic (exact) mass is 263 g/mol. The summed E-state index contributed by atoms with van der Waals surface area (Å²) in [5.41, 5.74) is 13.1. The molecular weight excluding hydrogens is 242 g/mol. The molecule has 0 saturated heterocycles. The van der Waals surface area contributed by atoms with Crippen LogP contribution in [0.2, 0.25) is 0 Å². The van der Waals surface area contributed by atoms with Crippen LogP contribution in [0.5, 0.6) is 0 Å². The first kappa shape index (κ1) is 13.7. The molecule has 0 radical (unpaired) electrons. The summed E-state index contributed by atoms with van der Waals surface area (Å²) < 4.78 is 0. The fraction of sp³-hybridized carbons (Fsp3) is 0.500. The van der Waals surface area contributed by atoms with E-state index in [0.29, 0.717) is 23.8 Å². The van der Waals surface area contributed by atoms with Gasteiger partial charge < -0.3 is 21.5 Å². The van der Waals surface area contributed by atoms with Crippen LogP contribution in [0, 0.1) is 0 Å². The minimum Gasteiger partial charge on any atom is -0.397 e. The molecular formula is C14H21N3O2. The maximum atomic E-state index is 11.1. The van der Waals surface area contributed by atoms with Gasteiger partial charge in [-0.25, -0.2) is 0 Å². The predicted octanol–water partition coefficient (Wildman–Crippen LogP) is 1.11. The molecule has 0 spiro atoms. The lowest BCUT2D eigenvalue weighted by molar-refractivity contribution is 0.100. The standard InChI is InChI=1S/C14H21N3O2/c15-12-9-10(14(16)19)5-6-13(12)17(7-8-18)11-3-1-2-4-11/h5-6,9,11,18H,1-4,7-8,15H2,(H2,16,19). The second-order valence-corrected chi connectivity index (χ2v) is 4.99. The van der Waals surface area contributed by atoms with Gasteiger partial charge in [0.2, 0.25) is 5.91 Å². The molecule has 0 aromatic heterocycles. The van der Waals surface area contributed by atoms with Crippen molar-refractivity contribution in [3.05, 3.63) is 23.8 Å². The van der Waals surface area contributed by atoms with Crippen LogP contribution >= 0.6 is 0 Å². The number of hydrogen-bond donors (Lipinski definition) is 3. The van der Waals surface area contributed by atoms with Gasteiger partial charge in [0.25, 0.3) is 0 Å². The highest BCUT2D eigenvalue weighted by atomic mass is 16.3. The molecule has 0 unspecified atom stereocenters. The van der Waals surface area contributed by atoms with Crippen molar-refractivity contribution < 1.29 is 9.90 Å². The van der Waals surface area contributed by atoms with Crippen LogP contribution in [0.1, 0.15) is 36.0 Å². The maximum absolute atomic E-state index is 11.1. The van der Waals surface area contributed by atoms with E-state index >= 15 is 0 Å². The Labute approximate surface area is 113 Å². The Morgan fingerprint density at radius 3 is 2.58 bits per heavy atom. The summed E-state index contributed by atoms with van der Waals surface area (Å²) >= 11 is 0. The molecule has 0 bridgehead atoms. The molecule has 0 heterocycles. The van der Waals surface area contributed by atoms with Crippen molar-refractivity contribution in [3.63, 3.8) is 0 Å². The minimum atomic E-state index is -0.479. The molecule has 1 saturated carbocycles. The number of aliphatic hydroxyl groups is 1. The van der Waals surface area contributed by atoms with Crippen LogP contribution < -0.4 is 16.4 Å². The largest absolute Gasteiger partial charge is 0.397 e. The second kappa shape index (κ2) is 5.93. The summed E-state index contributed by atoms with van der Waals surface area (Å²) in [5.74, 6) is -0.479. The third-order valence-corrected chi connectivity index (χ3v) is 3.73. The molecule has 104 valence electrons. The van der Waals surface area contributed by atoms with Crippen LogP contribution in [0.3, 0.4) is 0 Å². The first-order chi connectivity index (χ1) is 9.13. The molecule has 5 nitrogen and oxygen atoms in total. The molecule has 1 aromatic carbocycles. The van der Waals surface area contributed by atoms with Crippen LogP contribution in [0.25, 0.3) is 0 Å². The van der Waals surface area contributed by atoms with E-state index in [1.165, 1.54) is 12.8 Å². The first-order valence-corrected chi connectivity index (χ1v) is 6.70. The number of amides is 1. The summed E-state index contributed by atoms with van der Waals surface area (Å²) in [6.45, 7) is 0.651. The zero-order valence-electron chi connectivity index (χ0n) is 11.0. The normalized spacial score (nSPS) is 15.6. The third-order valence-electron chi connectivity index (χ3n) is 3.73. The lowest BCUT2D eigenvalue weighted by Crippen LogP contribution is -2.36. The molecule has 19 heavy (non-hydrogen) atoms. The number of nitrogens with two attached hydrogens (primary N) is 2. The first-order valence-electron chi connectivity index (χ1n) is 6.70. The van der Waals surface area contributed by atoms with Gasteiger partial charge in [0.1, 0.15) is 0 Å². The number of nitrogens with zero attached hydrogens (tertiary/aromatic N) is 1. The third kappa shape index (κ3) is 2.98. The number of anilines is 2. The number of primary amides is 1. The van der Waals surface area contributed by atoms with Gasteiger partial charge in [-0.2, -0.15) is 0 Å². The van der Waals surface area contributed by atoms with E-state index in [1.807, 2.05) is 6.07 Å². The fourth-order valence-electron chi connectivity index (χ4n) is 2.79. The number of hydrogen-bond acceptors (Lipinski definition) is 4. The number of aliphatic hydroxyl groups excluding tert-OH is 1. The molecule has 5 heteroatoms. The Bertz CT molecular complexity index is 456. The van der Waals surface area contributed by atoms with Gasteiger partial charge in [0.05, 0.1) is 18.0 Å². The summed E-state index contributed by atoms with van der Waals surface area (Å²) in [4.78, 5) is 13.3. The summed E-state index contributed by atoms with van der Waals surface area (Å²) in [6, 6.07) is 5.54. The number of rotatable bonds is 5. The Kier molecular flexibility index (Phi) is 4.27. The SMILES string of the molecule is NC(=O)c1ccc(N(CCO)C2CCCC2)c(N)c1. The number of nitrogen functional groups attached to an aromatic ring is 1. The Morgan fingerprint density at radius 1 is 1.37 bits per heavy atom. The van der Waals surface area contributed by atoms with Crippen molar-refractivity contribution in [2.75, 3.05) is 23.8 Å². The zero-order valence-corrected chi connectivity index (χ0v) is 11.0. The number of carbonyl (C=O) groups excluding carboxylic acids is 1. The van der Waals surface area contributed by atoms with Crippen molar-refractivity contribution in [2.45, 2.75) is 31.7 Å². The van der Waals surface area contributed by atoms with E-state index in [0.717, 1.165) is 18.5 Å². The van der Waals surface area contributed by atoms with Crippen LogP contribution in [-0.4, -0.2) is 30.2 Å². The highest BCUT2D eigenvalue weighted by molar-refractivity contribution is 5.94. The topological polar surface area (TPSA) is 92.6 Å². The van der Waals surface area contributed by atoms with Gasteiger partial charge in [-0.1, -0.05) is 12.8 Å². The second-order valence-electron chi connectivity index (χ2n) is 4.99. The molecule has 1 aliphatic rings. The van der Waals surface area contributed by atoms with Gasteiger partial charge in [0, 0.05) is 18.2 Å². The van der Waals surface area contributed by atoms with E-state index in [1.54, 1.807) is 12.1 Å². The maximum Gasteiger partial charge on any atom is 0.248 e. The minimum absolute atomic E-state index is 0.0908. The van der Waals surface area contributed by atoms with Crippen molar-refractivity contribution in [1.82, 2.24) is 0 Å². The highest BCUT2D eigenvalue weighted by Crippen LogP contribution is 2.32. The molecule has 1 aromatic rings. The zero-order chi connectivity index (χ0) is 13.8. The lowest BCUT2D eigenvalue weighted by atomic mass is 10.1. The van der Waals surface area contributed by atoms with Gasteiger partial charge >= 0.3 is 0 Å².